The Hall–Kier alpha value is -1.46. The Labute approximate surface area is 126 Å². The van der Waals surface area contributed by atoms with Gasteiger partial charge in [0, 0.05) is 5.69 Å². The summed E-state index contributed by atoms with van der Waals surface area (Å²) < 4.78 is 1.94. The van der Waals surface area contributed by atoms with Crippen LogP contribution in [0.4, 0.5) is 0 Å². The maximum Gasteiger partial charge on any atom is 0.165 e. The van der Waals surface area contributed by atoms with Crippen LogP contribution in [0.1, 0.15) is 5.69 Å². The Bertz CT molecular complexity index is 751. The Morgan fingerprint density at radius 3 is 2.45 bits per heavy atom. The van der Waals surface area contributed by atoms with Gasteiger partial charge in [-0.3, -0.25) is 0 Å². The molecule has 0 unspecified atom stereocenters. The SMILES string of the molecule is CSc1cc(C)n2nc(SC)c(-c3ccccc3)c2n1. The van der Waals surface area contributed by atoms with Crippen LogP contribution < -0.4 is 0 Å². The van der Waals surface area contributed by atoms with Gasteiger partial charge in [0.05, 0.1) is 5.56 Å². The van der Waals surface area contributed by atoms with Crippen molar-refractivity contribution in [2.75, 3.05) is 12.5 Å². The molecule has 0 bridgehead atoms. The lowest BCUT2D eigenvalue weighted by molar-refractivity contribution is 0.838. The molecule has 102 valence electrons. The third-order valence-electron chi connectivity index (χ3n) is 3.18. The first-order valence-corrected chi connectivity index (χ1v) is 8.73. The first kappa shape index (κ1) is 13.5. The van der Waals surface area contributed by atoms with Crippen molar-refractivity contribution in [3.05, 3.63) is 42.1 Å². The van der Waals surface area contributed by atoms with Gasteiger partial charge in [-0.05, 0) is 31.1 Å². The van der Waals surface area contributed by atoms with Crippen LogP contribution in [-0.4, -0.2) is 27.1 Å². The minimum Gasteiger partial charge on any atom is -0.222 e. The fourth-order valence-electron chi connectivity index (χ4n) is 2.22. The fraction of sp³-hybridized carbons (Fsp3) is 0.200. The molecule has 0 aliphatic heterocycles. The van der Waals surface area contributed by atoms with E-state index in [9.17, 15) is 0 Å². The number of benzene rings is 1. The molecule has 20 heavy (non-hydrogen) atoms. The number of aromatic nitrogens is 3. The number of hydrogen-bond acceptors (Lipinski definition) is 4. The number of thioether (sulfide) groups is 2. The van der Waals surface area contributed by atoms with Crippen molar-refractivity contribution in [2.24, 2.45) is 0 Å². The summed E-state index contributed by atoms with van der Waals surface area (Å²) in [5.41, 5.74) is 4.33. The van der Waals surface area contributed by atoms with Crippen molar-refractivity contribution in [3.63, 3.8) is 0 Å². The normalized spacial score (nSPS) is 11.2. The molecule has 3 aromatic rings. The Morgan fingerprint density at radius 2 is 1.80 bits per heavy atom. The van der Waals surface area contributed by atoms with Gasteiger partial charge in [-0.15, -0.1) is 23.5 Å². The number of hydrogen-bond donors (Lipinski definition) is 0. The van der Waals surface area contributed by atoms with E-state index in [0.29, 0.717) is 0 Å². The van der Waals surface area contributed by atoms with Crippen molar-refractivity contribution in [1.82, 2.24) is 14.6 Å². The molecule has 0 fully saturated rings. The van der Waals surface area contributed by atoms with Gasteiger partial charge in [0.1, 0.15) is 10.1 Å². The molecule has 2 aromatic heterocycles. The first-order valence-electron chi connectivity index (χ1n) is 6.28. The highest BCUT2D eigenvalue weighted by Crippen LogP contribution is 2.33. The predicted molar refractivity (Wildman–Crippen MR) is 86.7 cm³/mol. The van der Waals surface area contributed by atoms with Crippen LogP contribution in [0.15, 0.2) is 46.5 Å². The van der Waals surface area contributed by atoms with E-state index in [-0.39, 0.29) is 0 Å². The van der Waals surface area contributed by atoms with Gasteiger partial charge >= 0.3 is 0 Å². The smallest absolute Gasteiger partial charge is 0.165 e. The van der Waals surface area contributed by atoms with Gasteiger partial charge in [0.25, 0.3) is 0 Å². The van der Waals surface area contributed by atoms with Crippen LogP contribution in [0.3, 0.4) is 0 Å². The van der Waals surface area contributed by atoms with E-state index in [1.54, 1.807) is 23.5 Å². The molecule has 1 aromatic carbocycles. The molecule has 0 saturated heterocycles. The minimum absolute atomic E-state index is 0.935. The molecule has 0 amide bonds. The molecule has 2 heterocycles. The Kier molecular flexibility index (Phi) is 3.72. The van der Waals surface area contributed by atoms with Crippen molar-refractivity contribution < 1.29 is 0 Å². The number of rotatable bonds is 3. The molecule has 0 aliphatic carbocycles. The number of nitrogens with zero attached hydrogens (tertiary/aromatic N) is 3. The van der Waals surface area contributed by atoms with Crippen molar-refractivity contribution in [3.8, 4) is 11.1 Å². The summed E-state index contributed by atoms with van der Waals surface area (Å²) in [6.45, 7) is 2.07. The highest BCUT2D eigenvalue weighted by molar-refractivity contribution is 7.98. The van der Waals surface area contributed by atoms with E-state index < -0.39 is 0 Å². The summed E-state index contributed by atoms with van der Waals surface area (Å²) in [7, 11) is 0. The van der Waals surface area contributed by atoms with Crippen LogP contribution in [-0.2, 0) is 0 Å². The Morgan fingerprint density at radius 1 is 1.05 bits per heavy atom. The zero-order valence-electron chi connectivity index (χ0n) is 11.6. The second kappa shape index (κ2) is 5.50. The van der Waals surface area contributed by atoms with Crippen LogP contribution in [0.25, 0.3) is 16.8 Å². The lowest BCUT2D eigenvalue weighted by atomic mass is 10.1. The first-order chi connectivity index (χ1) is 9.74. The quantitative estimate of drug-likeness (QED) is 0.537. The zero-order chi connectivity index (χ0) is 14.1. The molecule has 0 atom stereocenters. The largest absolute Gasteiger partial charge is 0.222 e. The zero-order valence-corrected chi connectivity index (χ0v) is 13.3. The molecule has 0 spiro atoms. The molecule has 3 rings (SSSR count). The van der Waals surface area contributed by atoms with Gasteiger partial charge in [-0.1, -0.05) is 30.3 Å². The third kappa shape index (κ3) is 2.21. The summed E-state index contributed by atoms with van der Waals surface area (Å²) >= 11 is 3.32. The molecular formula is C15H15N3S2. The molecule has 0 radical (unpaired) electrons. The van der Waals surface area contributed by atoms with Crippen LogP contribution in [0.2, 0.25) is 0 Å². The second-order valence-corrected chi connectivity index (χ2v) is 6.05. The standard InChI is InChI=1S/C15H15N3S2/c1-10-9-12(19-2)16-14-13(11-7-5-4-6-8-11)15(20-3)17-18(10)14/h4-9H,1-3H3. The van der Waals surface area contributed by atoms with Gasteiger partial charge in [-0.2, -0.15) is 5.10 Å². The van der Waals surface area contributed by atoms with E-state index in [1.807, 2.05) is 29.0 Å². The highest BCUT2D eigenvalue weighted by atomic mass is 32.2. The minimum atomic E-state index is 0.935. The molecular weight excluding hydrogens is 286 g/mol. The van der Waals surface area contributed by atoms with E-state index >= 15 is 0 Å². The fourth-order valence-corrected chi connectivity index (χ4v) is 3.26. The number of aryl methyl sites for hydroxylation is 1. The summed E-state index contributed by atoms with van der Waals surface area (Å²) in [5.74, 6) is 0. The summed E-state index contributed by atoms with van der Waals surface area (Å²) in [5, 5.41) is 6.74. The maximum absolute atomic E-state index is 4.75. The lowest BCUT2D eigenvalue weighted by Crippen LogP contribution is -1.96. The molecule has 5 heteroatoms. The van der Waals surface area contributed by atoms with Gasteiger partial charge < -0.3 is 0 Å². The summed E-state index contributed by atoms with van der Waals surface area (Å²) in [6.07, 6.45) is 4.10. The van der Waals surface area contributed by atoms with Gasteiger partial charge in [0.15, 0.2) is 5.65 Å². The second-order valence-electron chi connectivity index (χ2n) is 4.43. The van der Waals surface area contributed by atoms with E-state index in [1.165, 1.54) is 0 Å². The summed E-state index contributed by atoms with van der Waals surface area (Å²) in [4.78, 5) is 4.75. The average Bonchev–Trinajstić information content (AvgIpc) is 2.87. The Balaban J connectivity index is 2.36. The summed E-state index contributed by atoms with van der Waals surface area (Å²) in [6, 6.07) is 12.4. The lowest BCUT2D eigenvalue weighted by Gasteiger charge is -2.04. The monoisotopic (exact) mass is 301 g/mol. The van der Waals surface area contributed by atoms with Gasteiger partial charge in [0.2, 0.25) is 0 Å². The van der Waals surface area contributed by atoms with Crippen LogP contribution in [0, 0.1) is 6.92 Å². The van der Waals surface area contributed by atoms with E-state index in [2.05, 4.69) is 31.4 Å². The van der Waals surface area contributed by atoms with Crippen molar-refractivity contribution in [1.29, 1.82) is 0 Å². The highest BCUT2D eigenvalue weighted by Gasteiger charge is 2.17. The average molecular weight is 301 g/mol. The molecule has 0 aliphatic rings. The van der Waals surface area contributed by atoms with Crippen molar-refractivity contribution in [2.45, 2.75) is 17.0 Å². The van der Waals surface area contributed by atoms with Crippen LogP contribution in [0.5, 0.6) is 0 Å². The topological polar surface area (TPSA) is 30.2 Å². The molecule has 0 saturated carbocycles. The maximum atomic E-state index is 4.75. The molecule has 3 nitrogen and oxygen atoms in total. The van der Waals surface area contributed by atoms with E-state index in [4.69, 9.17) is 10.1 Å². The van der Waals surface area contributed by atoms with E-state index in [0.717, 1.165) is 32.5 Å². The van der Waals surface area contributed by atoms with Gasteiger partial charge in [-0.25, -0.2) is 9.50 Å². The predicted octanol–water partition coefficient (Wildman–Crippen LogP) is 4.15. The number of fused-ring (bicyclic) bond motifs is 1. The molecule has 0 N–H and O–H groups in total. The third-order valence-corrected chi connectivity index (χ3v) is 4.48. The van der Waals surface area contributed by atoms with Crippen molar-refractivity contribution >= 4 is 29.2 Å². The van der Waals surface area contributed by atoms with Crippen LogP contribution >= 0.6 is 23.5 Å².